The highest BCUT2D eigenvalue weighted by Crippen LogP contribution is 2.19. The maximum absolute atomic E-state index is 8.23. The predicted octanol–water partition coefficient (Wildman–Crippen LogP) is 2.91. The molecule has 0 amide bonds. The van der Waals surface area contributed by atoms with Crippen molar-refractivity contribution in [2.24, 2.45) is 5.16 Å². The van der Waals surface area contributed by atoms with Gasteiger partial charge in [-0.1, -0.05) is 38.8 Å². The highest BCUT2D eigenvalue weighted by atomic mass is 79.9. The standard InChI is InChI=1S/C7H5BrClNO/c8-7-3-6(9)2-1-5(7)4-10-11/h1-4,11H/b10-4+. The van der Waals surface area contributed by atoms with E-state index in [1.165, 1.54) is 6.21 Å². The van der Waals surface area contributed by atoms with Crippen LogP contribution in [0.1, 0.15) is 5.56 Å². The molecule has 1 rings (SSSR count). The van der Waals surface area contributed by atoms with Crippen LogP contribution in [0.15, 0.2) is 27.8 Å². The first kappa shape index (κ1) is 8.56. The molecule has 0 saturated carbocycles. The molecule has 0 radical (unpaired) electrons. The van der Waals surface area contributed by atoms with Gasteiger partial charge in [0.15, 0.2) is 0 Å². The van der Waals surface area contributed by atoms with E-state index in [1.54, 1.807) is 18.2 Å². The van der Waals surface area contributed by atoms with E-state index in [2.05, 4.69) is 21.1 Å². The summed E-state index contributed by atoms with van der Waals surface area (Å²) in [7, 11) is 0. The quantitative estimate of drug-likeness (QED) is 0.452. The van der Waals surface area contributed by atoms with Gasteiger partial charge in [0.05, 0.1) is 6.21 Å². The van der Waals surface area contributed by atoms with Gasteiger partial charge in [-0.15, -0.1) is 0 Å². The highest BCUT2D eigenvalue weighted by molar-refractivity contribution is 9.10. The number of hydrogen-bond donors (Lipinski definition) is 1. The first-order chi connectivity index (χ1) is 5.24. The van der Waals surface area contributed by atoms with E-state index < -0.39 is 0 Å². The zero-order chi connectivity index (χ0) is 8.27. The molecule has 11 heavy (non-hydrogen) atoms. The Morgan fingerprint density at radius 2 is 2.27 bits per heavy atom. The number of rotatable bonds is 1. The van der Waals surface area contributed by atoms with E-state index in [4.69, 9.17) is 16.8 Å². The Morgan fingerprint density at radius 3 is 2.82 bits per heavy atom. The van der Waals surface area contributed by atoms with E-state index in [0.29, 0.717) is 5.02 Å². The van der Waals surface area contributed by atoms with Crippen LogP contribution in [0, 0.1) is 0 Å². The van der Waals surface area contributed by atoms with Crippen LogP contribution in [0.2, 0.25) is 5.02 Å². The largest absolute Gasteiger partial charge is 0.411 e. The van der Waals surface area contributed by atoms with E-state index in [1.807, 2.05) is 0 Å². The average molecular weight is 234 g/mol. The van der Waals surface area contributed by atoms with Gasteiger partial charge in [0, 0.05) is 15.1 Å². The average Bonchev–Trinajstić information content (AvgIpc) is 1.95. The fourth-order valence-corrected chi connectivity index (χ4v) is 1.45. The van der Waals surface area contributed by atoms with Crippen LogP contribution in [0.25, 0.3) is 0 Å². The minimum atomic E-state index is 0.645. The third kappa shape index (κ3) is 2.20. The van der Waals surface area contributed by atoms with Crippen LogP contribution in [0.5, 0.6) is 0 Å². The Labute approximate surface area is 77.6 Å². The second kappa shape index (κ2) is 3.74. The van der Waals surface area contributed by atoms with Crippen molar-refractivity contribution in [2.75, 3.05) is 0 Å². The fourth-order valence-electron chi connectivity index (χ4n) is 0.668. The molecule has 0 fully saturated rings. The molecule has 0 aliphatic carbocycles. The summed E-state index contributed by atoms with van der Waals surface area (Å²) in [6, 6.07) is 5.22. The van der Waals surface area contributed by atoms with E-state index in [9.17, 15) is 0 Å². The Hall–Kier alpha value is -0.540. The molecule has 0 aromatic heterocycles. The lowest BCUT2D eigenvalue weighted by Gasteiger charge is -1.96. The number of hydrogen-bond acceptors (Lipinski definition) is 2. The fraction of sp³-hybridized carbons (Fsp3) is 0. The van der Waals surface area contributed by atoms with Crippen molar-refractivity contribution in [2.45, 2.75) is 0 Å². The summed E-state index contributed by atoms with van der Waals surface area (Å²) in [5, 5.41) is 11.8. The first-order valence-electron chi connectivity index (χ1n) is 2.86. The summed E-state index contributed by atoms with van der Waals surface area (Å²) < 4.78 is 0.808. The molecule has 0 heterocycles. The zero-order valence-electron chi connectivity index (χ0n) is 5.46. The summed E-state index contributed by atoms with van der Waals surface area (Å²) >= 11 is 8.94. The third-order valence-electron chi connectivity index (χ3n) is 1.16. The number of nitrogens with zero attached hydrogens (tertiary/aromatic N) is 1. The van der Waals surface area contributed by atoms with Gasteiger partial charge in [-0.05, 0) is 12.1 Å². The monoisotopic (exact) mass is 233 g/mol. The third-order valence-corrected chi connectivity index (χ3v) is 2.08. The maximum atomic E-state index is 8.23. The van der Waals surface area contributed by atoms with Crippen LogP contribution in [-0.4, -0.2) is 11.4 Å². The molecule has 0 aliphatic rings. The van der Waals surface area contributed by atoms with Crippen LogP contribution in [-0.2, 0) is 0 Å². The van der Waals surface area contributed by atoms with Gasteiger partial charge in [0.25, 0.3) is 0 Å². The van der Waals surface area contributed by atoms with E-state index in [-0.39, 0.29) is 0 Å². The highest BCUT2D eigenvalue weighted by Gasteiger charge is 1.96. The summed E-state index contributed by atoms with van der Waals surface area (Å²) in [6.07, 6.45) is 1.33. The van der Waals surface area contributed by atoms with Gasteiger partial charge >= 0.3 is 0 Å². The van der Waals surface area contributed by atoms with Crippen molar-refractivity contribution in [1.29, 1.82) is 0 Å². The lowest BCUT2D eigenvalue weighted by molar-refractivity contribution is 0.322. The SMILES string of the molecule is O/N=C/c1ccc(Cl)cc1Br. The minimum absolute atomic E-state index is 0.645. The molecule has 2 nitrogen and oxygen atoms in total. The van der Waals surface area contributed by atoms with Gasteiger partial charge in [-0.25, -0.2) is 0 Å². The maximum Gasteiger partial charge on any atom is 0.0745 e. The van der Waals surface area contributed by atoms with E-state index >= 15 is 0 Å². The number of oxime groups is 1. The van der Waals surface area contributed by atoms with Crippen molar-refractivity contribution >= 4 is 33.7 Å². The van der Waals surface area contributed by atoms with Crippen LogP contribution >= 0.6 is 27.5 Å². The van der Waals surface area contributed by atoms with Gasteiger partial charge in [-0.3, -0.25) is 0 Å². The molecular weight excluding hydrogens is 229 g/mol. The predicted molar refractivity (Wildman–Crippen MR) is 48.5 cm³/mol. The van der Waals surface area contributed by atoms with Crippen LogP contribution in [0.4, 0.5) is 0 Å². The van der Waals surface area contributed by atoms with Gasteiger partial charge < -0.3 is 5.21 Å². The van der Waals surface area contributed by atoms with Gasteiger partial charge in [-0.2, -0.15) is 0 Å². The zero-order valence-corrected chi connectivity index (χ0v) is 7.80. The van der Waals surface area contributed by atoms with Gasteiger partial charge in [0.1, 0.15) is 0 Å². The second-order valence-corrected chi connectivity index (χ2v) is 3.20. The van der Waals surface area contributed by atoms with E-state index in [0.717, 1.165) is 10.0 Å². The summed E-state index contributed by atoms with van der Waals surface area (Å²) in [6.45, 7) is 0. The topological polar surface area (TPSA) is 32.6 Å². The number of halogens is 2. The lowest BCUT2D eigenvalue weighted by atomic mass is 10.2. The molecule has 1 aromatic carbocycles. The Morgan fingerprint density at radius 1 is 1.55 bits per heavy atom. The lowest BCUT2D eigenvalue weighted by Crippen LogP contribution is -1.81. The molecule has 1 aromatic rings. The molecular formula is C7H5BrClNO. The van der Waals surface area contributed by atoms with Crippen molar-refractivity contribution in [3.8, 4) is 0 Å². The molecule has 0 spiro atoms. The normalized spacial score (nSPS) is 10.7. The smallest absolute Gasteiger partial charge is 0.0745 e. The molecule has 1 N–H and O–H groups in total. The van der Waals surface area contributed by atoms with Crippen molar-refractivity contribution in [3.05, 3.63) is 33.3 Å². The second-order valence-electron chi connectivity index (χ2n) is 1.91. The van der Waals surface area contributed by atoms with Crippen LogP contribution in [0.3, 0.4) is 0 Å². The molecule has 4 heteroatoms. The summed E-state index contributed by atoms with van der Waals surface area (Å²) in [4.78, 5) is 0. The Bertz CT molecular complexity index is 288. The van der Waals surface area contributed by atoms with Crippen molar-refractivity contribution < 1.29 is 5.21 Å². The van der Waals surface area contributed by atoms with Crippen LogP contribution < -0.4 is 0 Å². The summed E-state index contributed by atoms with van der Waals surface area (Å²) in [5.74, 6) is 0. The molecule has 0 atom stereocenters. The summed E-state index contributed by atoms with van der Waals surface area (Å²) in [5.41, 5.74) is 0.789. The number of benzene rings is 1. The molecule has 0 bridgehead atoms. The first-order valence-corrected chi connectivity index (χ1v) is 4.03. The molecule has 0 saturated heterocycles. The molecule has 0 unspecified atom stereocenters. The Kier molecular flexibility index (Phi) is 2.91. The van der Waals surface area contributed by atoms with Crippen molar-refractivity contribution in [3.63, 3.8) is 0 Å². The van der Waals surface area contributed by atoms with Gasteiger partial charge in [0.2, 0.25) is 0 Å². The Balaban J connectivity index is 3.09. The minimum Gasteiger partial charge on any atom is -0.411 e. The van der Waals surface area contributed by atoms with Crippen molar-refractivity contribution in [1.82, 2.24) is 0 Å². The molecule has 0 aliphatic heterocycles. The molecule has 58 valence electrons.